The molecule has 0 spiro atoms. The summed E-state index contributed by atoms with van der Waals surface area (Å²) in [7, 11) is 0. The third kappa shape index (κ3) is 3.16. The fourth-order valence-corrected chi connectivity index (χ4v) is 3.75. The summed E-state index contributed by atoms with van der Waals surface area (Å²) in [4.78, 5) is 15.7. The van der Waals surface area contributed by atoms with Crippen LogP contribution in [0, 0.1) is 0 Å². The molecule has 0 radical (unpaired) electrons. The van der Waals surface area contributed by atoms with Crippen LogP contribution in [0.1, 0.15) is 12.5 Å². The maximum absolute atomic E-state index is 12.7. The van der Waals surface area contributed by atoms with Crippen molar-refractivity contribution in [3.63, 3.8) is 0 Å². The molecule has 3 rings (SSSR count). The summed E-state index contributed by atoms with van der Waals surface area (Å²) in [5.41, 5.74) is 2.34. The first-order valence-corrected chi connectivity index (χ1v) is 8.64. The van der Waals surface area contributed by atoms with Crippen molar-refractivity contribution in [1.82, 2.24) is 0 Å². The average molecular weight is 362 g/mol. The zero-order chi connectivity index (χ0) is 14.8. The van der Waals surface area contributed by atoms with E-state index in [0.29, 0.717) is 0 Å². The summed E-state index contributed by atoms with van der Waals surface area (Å²) in [6.45, 7) is 2.78. The van der Waals surface area contributed by atoms with Gasteiger partial charge in [-0.15, -0.1) is 11.8 Å². The van der Waals surface area contributed by atoms with Gasteiger partial charge in [0.2, 0.25) is 5.91 Å². The highest BCUT2D eigenvalue weighted by Crippen LogP contribution is 2.31. The standard InChI is InChI=1S/C17H16BrNOS/c1-12(21-15-8-6-14(18)7-9-15)17(20)19-11-10-13-4-2-3-5-16(13)19/h2-9,12H,10-11H2,1H3/t12-/m0/s1. The van der Waals surface area contributed by atoms with E-state index in [1.807, 2.05) is 54.3 Å². The first-order chi connectivity index (χ1) is 10.1. The van der Waals surface area contributed by atoms with Gasteiger partial charge in [-0.05, 0) is 49.2 Å². The lowest BCUT2D eigenvalue weighted by molar-refractivity contribution is -0.117. The number of hydrogen-bond acceptors (Lipinski definition) is 2. The molecule has 2 aromatic carbocycles. The molecule has 1 amide bonds. The molecule has 0 fully saturated rings. The van der Waals surface area contributed by atoms with Gasteiger partial charge in [-0.2, -0.15) is 0 Å². The van der Waals surface area contributed by atoms with E-state index in [9.17, 15) is 4.79 Å². The van der Waals surface area contributed by atoms with E-state index < -0.39 is 0 Å². The molecule has 108 valence electrons. The van der Waals surface area contributed by atoms with Gasteiger partial charge < -0.3 is 4.90 Å². The number of anilines is 1. The molecule has 1 heterocycles. The normalized spacial score (nSPS) is 14.9. The Labute approximate surface area is 137 Å². The molecule has 0 saturated carbocycles. The largest absolute Gasteiger partial charge is 0.311 e. The number of hydrogen-bond donors (Lipinski definition) is 0. The Kier molecular flexibility index (Phi) is 4.36. The summed E-state index contributed by atoms with van der Waals surface area (Å²) in [5.74, 6) is 0.188. The second-order valence-electron chi connectivity index (χ2n) is 5.08. The monoisotopic (exact) mass is 361 g/mol. The number of rotatable bonds is 3. The number of carbonyl (C=O) groups excluding carboxylic acids is 1. The van der Waals surface area contributed by atoms with Gasteiger partial charge in [0.15, 0.2) is 0 Å². The Morgan fingerprint density at radius 2 is 1.90 bits per heavy atom. The molecule has 1 aliphatic rings. The van der Waals surface area contributed by atoms with Crippen molar-refractivity contribution in [3.05, 3.63) is 58.6 Å². The van der Waals surface area contributed by atoms with E-state index in [0.717, 1.165) is 28.0 Å². The molecule has 4 heteroatoms. The third-order valence-electron chi connectivity index (χ3n) is 3.63. The number of halogens is 1. The van der Waals surface area contributed by atoms with E-state index >= 15 is 0 Å². The van der Waals surface area contributed by atoms with Gasteiger partial charge in [0.1, 0.15) is 0 Å². The first kappa shape index (κ1) is 14.7. The summed E-state index contributed by atoms with van der Waals surface area (Å²) in [5, 5.41) is -0.0858. The van der Waals surface area contributed by atoms with Crippen LogP contribution in [0.5, 0.6) is 0 Å². The number of fused-ring (bicyclic) bond motifs is 1. The van der Waals surface area contributed by atoms with Gasteiger partial charge in [0, 0.05) is 21.6 Å². The smallest absolute Gasteiger partial charge is 0.240 e. The minimum Gasteiger partial charge on any atom is -0.311 e. The summed E-state index contributed by atoms with van der Waals surface area (Å²) < 4.78 is 1.05. The summed E-state index contributed by atoms with van der Waals surface area (Å²) in [6.07, 6.45) is 0.956. The predicted molar refractivity (Wildman–Crippen MR) is 92.0 cm³/mol. The zero-order valence-electron chi connectivity index (χ0n) is 11.8. The number of para-hydroxylation sites is 1. The number of nitrogens with zero attached hydrogens (tertiary/aromatic N) is 1. The molecule has 1 aliphatic heterocycles. The third-order valence-corrected chi connectivity index (χ3v) is 5.26. The Morgan fingerprint density at radius 3 is 2.67 bits per heavy atom. The van der Waals surface area contributed by atoms with Crippen molar-refractivity contribution in [2.75, 3.05) is 11.4 Å². The van der Waals surface area contributed by atoms with E-state index in [1.54, 1.807) is 11.8 Å². The van der Waals surface area contributed by atoms with Crippen LogP contribution in [0.4, 0.5) is 5.69 Å². The van der Waals surface area contributed by atoms with Gasteiger partial charge in [0.05, 0.1) is 5.25 Å². The molecule has 0 aliphatic carbocycles. The fraction of sp³-hybridized carbons (Fsp3) is 0.235. The lowest BCUT2D eigenvalue weighted by Crippen LogP contribution is -2.35. The van der Waals surface area contributed by atoms with Crippen LogP contribution in [-0.4, -0.2) is 17.7 Å². The van der Waals surface area contributed by atoms with Crippen LogP contribution >= 0.6 is 27.7 Å². The lowest BCUT2D eigenvalue weighted by Gasteiger charge is -2.21. The van der Waals surface area contributed by atoms with Gasteiger partial charge in [-0.1, -0.05) is 34.1 Å². The Bertz CT molecular complexity index is 656. The van der Waals surface area contributed by atoms with Crippen LogP contribution in [-0.2, 0) is 11.2 Å². The SMILES string of the molecule is C[C@H](Sc1ccc(Br)cc1)C(=O)N1CCc2ccccc21. The van der Waals surface area contributed by atoms with Crippen LogP contribution in [0.3, 0.4) is 0 Å². The van der Waals surface area contributed by atoms with Gasteiger partial charge in [0.25, 0.3) is 0 Å². The highest BCUT2D eigenvalue weighted by molar-refractivity contribution is 9.10. The molecule has 2 nitrogen and oxygen atoms in total. The van der Waals surface area contributed by atoms with Crippen molar-refractivity contribution >= 4 is 39.3 Å². The van der Waals surface area contributed by atoms with Gasteiger partial charge >= 0.3 is 0 Å². The maximum Gasteiger partial charge on any atom is 0.240 e. The van der Waals surface area contributed by atoms with Crippen LogP contribution in [0.15, 0.2) is 57.9 Å². The first-order valence-electron chi connectivity index (χ1n) is 6.96. The van der Waals surface area contributed by atoms with Crippen molar-refractivity contribution in [3.8, 4) is 0 Å². The van der Waals surface area contributed by atoms with Crippen LogP contribution in [0.2, 0.25) is 0 Å². The molecule has 1 atom stereocenters. The molecular formula is C17H16BrNOS. The Morgan fingerprint density at radius 1 is 1.19 bits per heavy atom. The van der Waals surface area contributed by atoms with Crippen molar-refractivity contribution in [2.24, 2.45) is 0 Å². The second kappa shape index (κ2) is 6.24. The summed E-state index contributed by atoms with van der Waals surface area (Å²) in [6, 6.07) is 16.3. The zero-order valence-corrected chi connectivity index (χ0v) is 14.2. The molecule has 0 N–H and O–H groups in total. The van der Waals surface area contributed by atoms with Crippen LogP contribution in [0.25, 0.3) is 0 Å². The number of amides is 1. The molecule has 0 unspecified atom stereocenters. The van der Waals surface area contributed by atoms with E-state index in [2.05, 4.69) is 22.0 Å². The average Bonchev–Trinajstić information content (AvgIpc) is 2.92. The molecular weight excluding hydrogens is 346 g/mol. The predicted octanol–water partition coefficient (Wildman–Crippen LogP) is 4.52. The lowest BCUT2D eigenvalue weighted by atomic mass is 10.2. The van der Waals surface area contributed by atoms with E-state index in [-0.39, 0.29) is 11.2 Å². The minimum absolute atomic E-state index is 0.0858. The minimum atomic E-state index is -0.0858. The Hall–Kier alpha value is -1.26. The number of benzene rings is 2. The highest BCUT2D eigenvalue weighted by atomic mass is 79.9. The van der Waals surface area contributed by atoms with E-state index in [1.165, 1.54) is 5.56 Å². The molecule has 21 heavy (non-hydrogen) atoms. The van der Waals surface area contributed by atoms with E-state index in [4.69, 9.17) is 0 Å². The molecule has 0 saturated heterocycles. The quantitative estimate of drug-likeness (QED) is 0.749. The summed E-state index contributed by atoms with van der Waals surface area (Å²) >= 11 is 5.04. The van der Waals surface area contributed by atoms with Crippen LogP contribution < -0.4 is 4.90 Å². The van der Waals surface area contributed by atoms with Gasteiger partial charge in [-0.3, -0.25) is 4.79 Å². The fourth-order valence-electron chi connectivity index (χ4n) is 2.55. The molecule has 0 aromatic heterocycles. The van der Waals surface area contributed by atoms with Crippen molar-refractivity contribution in [2.45, 2.75) is 23.5 Å². The number of carbonyl (C=O) groups is 1. The second-order valence-corrected chi connectivity index (χ2v) is 7.41. The number of thioether (sulfide) groups is 1. The topological polar surface area (TPSA) is 20.3 Å². The Balaban J connectivity index is 1.72. The van der Waals surface area contributed by atoms with Gasteiger partial charge in [-0.25, -0.2) is 0 Å². The van der Waals surface area contributed by atoms with Crippen molar-refractivity contribution < 1.29 is 4.79 Å². The highest BCUT2D eigenvalue weighted by Gasteiger charge is 2.28. The molecule has 2 aromatic rings. The van der Waals surface area contributed by atoms with Crippen molar-refractivity contribution in [1.29, 1.82) is 0 Å². The molecule has 0 bridgehead atoms. The maximum atomic E-state index is 12.7.